The van der Waals surface area contributed by atoms with E-state index in [1.165, 1.54) is 19.3 Å². The molecule has 0 aromatic heterocycles. The lowest BCUT2D eigenvalue weighted by molar-refractivity contribution is 0.141. The van der Waals surface area contributed by atoms with Gasteiger partial charge in [-0.1, -0.05) is 6.92 Å². The highest BCUT2D eigenvalue weighted by Crippen LogP contribution is 2.36. The van der Waals surface area contributed by atoms with E-state index in [-0.39, 0.29) is 0 Å². The van der Waals surface area contributed by atoms with Crippen LogP contribution in [0.5, 0.6) is 0 Å². The quantitative estimate of drug-likeness (QED) is 0.588. The molecule has 0 heterocycles. The van der Waals surface area contributed by atoms with E-state index >= 15 is 0 Å². The van der Waals surface area contributed by atoms with Crippen molar-refractivity contribution in [2.24, 2.45) is 11.8 Å². The zero-order valence-corrected chi connectivity index (χ0v) is 8.31. The highest BCUT2D eigenvalue weighted by atomic mass is 16.5. The lowest BCUT2D eigenvalue weighted by atomic mass is 10.1. The van der Waals surface area contributed by atoms with E-state index in [1.807, 2.05) is 0 Å². The van der Waals surface area contributed by atoms with Crippen LogP contribution in [-0.4, -0.2) is 26.8 Å². The minimum atomic E-state index is 0.765. The van der Waals surface area contributed by atoms with E-state index in [0.717, 1.165) is 31.5 Å². The Bertz CT molecular complexity index is 112. The predicted octanol–water partition coefficient (Wildman–Crippen LogP) is 1.66. The summed E-state index contributed by atoms with van der Waals surface area (Å²) in [5.41, 5.74) is 0. The van der Waals surface area contributed by atoms with Gasteiger partial charge in [0.1, 0.15) is 0 Å². The van der Waals surface area contributed by atoms with Crippen molar-refractivity contribution in [3.8, 4) is 0 Å². The third kappa shape index (κ3) is 3.55. The molecular formula is C10H21NO. The Morgan fingerprint density at radius 1 is 1.50 bits per heavy atom. The number of nitrogens with one attached hydrogen (secondary N) is 1. The highest BCUT2D eigenvalue weighted by Gasteiger charge is 2.30. The summed E-state index contributed by atoms with van der Waals surface area (Å²) in [6.45, 7) is 5.43. The van der Waals surface area contributed by atoms with Gasteiger partial charge in [0.15, 0.2) is 0 Å². The molecule has 2 nitrogen and oxygen atoms in total. The van der Waals surface area contributed by atoms with E-state index in [2.05, 4.69) is 12.2 Å². The van der Waals surface area contributed by atoms with Gasteiger partial charge < -0.3 is 10.1 Å². The first-order valence-electron chi connectivity index (χ1n) is 5.08. The molecular weight excluding hydrogens is 150 g/mol. The minimum absolute atomic E-state index is 0.765. The van der Waals surface area contributed by atoms with E-state index in [9.17, 15) is 0 Å². The van der Waals surface area contributed by atoms with Crippen LogP contribution in [0, 0.1) is 11.8 Å². The first-order valence-corrected chi connectivity index (χ1v) is 5.08. The fourth-order valence-corrected chi connectivity index (χ4v) is 1.61. The van der Waals surface area contributed by atoms with Crippen LogP contribution in [0.3, 0.4) is 0 Å². The second kappa shape index (κ2) is 5.55. The average molecular weight is 171 g/mol. The third-order valence-electron chi connectivity index (χ3n) is 2.50. The maximum Gasteiger partial charge on any atom is 0.0505 e. The standard InChI is InChI=1S/C10H21NO/c1-3-6-11-7-10(8-12-2)9-4-5-9/h9-11H,3-8H2,1-2H3. The number of hydrogen-bond donors (Lipinski definition) is 1. The number of rotatable bonds is 7. The molecule has 2 heteroatoms. The van der Waals surface area contributed by atoms with Crippen LogP contribution >= 0.6 is 0 Å². The molecule has 0 radical (unpaired) electrons. The molecule has 1 fully saturated rings. The van der Waals surface area contributed by atoms with Crippen molar-refractivity contribution in [1.29, 1.82) is 0 Å². The number of methoxy groups -OCH3 is 1. The Labute approximate surface area is 75.7 Å². The van der Waals surface area contributed by atoms with Gasteiger partial charge in [-0.3, -0.25) is 0 Å². The fraction of sp³-hybridized carbons (Fsp3) is 1.00. The van der Waals surface area contributed by atoms with Gasteiger partial charge in [-0.25, -0.2) is 0 Å². The van der Waals surface area contributed by atoms with Gasteiger partial charge in [-0.05, 0) is 37.6 Å². The van der Waals surface area contributed by atoms with Gasteiger partial charge in [0.25, 0.3) is 0 Å². The van der Waals surface area contributed by atoms with Crippen molar-refractivity contribution in [3.05, 3.63) is 0 Å². The van der Waals surface area contributed by atoms with E-state index in [4.69, 9.17) is 4.74 Å². The maximum absolute atomic E-state index is 5.20. The molecule has 0 aliphatic heterocycles. The largest absolute Gasteiger partial charge is 0.384 e. The topological polar surface area (TPSA) is 21.3 Å². The first-order chi connectivity index (χ1) is 5.88. The number of hydrogen-bond acceptors (Lipinski definition) is 2. The molecule has 1 N–H and O–H groups in total. The molecule has 1 aliphatic rings. The van der Waals surface area contributed by atoms with Crippen LogP contribution in [0.1, 0.15) is 26.2 Å². The summed E-state index contributed by atoms with van der Waals surface area (Å²) in [7, 11) is 1.80. The Morgan fingerprint density at radius 2 is 2.25 bits per heavy atom. The third-order valence-corrected chi connectivity index (χ3v) is 2.50. The van der Waals surface area contributed by atoms with Crippen molar-refractivity contribution in [1.82, 2.24) is 5.32 Å². The molecule has 0 aromatic carbocycles. The second-order valence-electron chi connectivity index (χ2n) is 3.76. The Morgan fingerprint density at radius 3 is 2.75 bits per heavy atom. The Hall–Kier alpha value is -0.0800. The van der Waals surface area contributed by atoms with Crippen LogP contribution < -0.4 is 5.32 Å². The van der Waals surface area contributed by atoms with Crippen molar-refractivity contribution in [2.75, 3.05) is 26.8 Å². The van der Waals surface area contributed by atoms with E-state index < -0.39 is 0 Å². The Kier molecular flexibility index (Phi) is 4.62. The van der Waals surface area contributed by atoms with Gasteiger partial charge in [-0.15, -0.1) is 0 Å². The van der Waals surface area contributed by atoms with Crippen LogP contribution in [0.4, 0.5) is 0 Å². The van der Waals surface area contributed by atoms with Gasteiger partial charge in [0.05, 0.1) is 6.61 Å². The lowest BCUT2D eigenvalue weighted by Gasteiger charge is -2.15. The van der Waals surface area contributed by atoms with Gasteiger partial charge >= 0.3 is 0 Å². The second-order valence-corrected chi connectivity index (χ2v) is 3.76. The molecule has 1 atom stereocenters. The minimum Gasteiger partial charge on any atom is -0.384 e. The van der Waals surface area contributed by atoms with Gasteiger partial charge in [-0.2, -0.15) is 0 Å². The summed E-state index contributed by atoms with van der Waals surface area (Å²) in [4.78, 5) is 0. The van der Waals surface area contributed by atoms with E-state index in [0.29, 0.717) is 0 Å². The SMILES string of the molecule is CCCNCC(COC)C1CC1. The normalized spacial score (nSPS) is 19.5. The van der Waals surface area contributed by atoms with Crippen LogP contribution in [0.2, 0.25) is 0 Å². The van der Waals surface area contributed by atoms with Crippen molar-refractivity contribution in [2.45, 2.75) is 26.2 Å². The number of ether oxygens (including phenoxy) is 1. The smallest absolute Gasteiger partial charge is 0.0505 e. The lowest BCUT2D eigenvalue weighted by Crippen LogP contribution is -2.27. The maximum atomic E-state index is 5.20. The van der Waals surface area contributed by atoms with Crippen molar-refractivity contribution >= 4 is 0 Å². The summed E-state index contributed by atoms with van der Waals surface area (Å²) in [5, 5.41) is 3.46. The zero-order chi connectivity index (χ0) is 8.81. The molecule has 0 amide bonds. The summed E-state index contributed by atoms with van der Waals surface area (Å²) < 4.78 is 5.20. The van der Waals surface area contributed by atoms with Crippen molar-refractivity contribution in [3.63, 3.8) is 0 Å². The predicted molar refractivity (Wildman–Crippen MR) is 51.3 cm³/mol. The summed E-state index contributed by atoms with van der Waals surface area (Å²) in [6.07, 6.45) is 4.06. The highest BCUT2D eigenvalue weighted by molar-refractivity contribution is 4.82. The zero-order valence-electron chi connectivity index (χ0n) is 8.31. The molecule has 0 aromatic rings. The molecule has 1 rings (SSSR count). The summed E-state index contributed by atoms with van der Waals surface area (Å²) in [6, 6.07) is 0. The van der Waals surface area contributed by atoms with Crippen LogP contribution in [0.15, 0.2) is 0 Å². The molecule has 72 valence electrons. The van der Waals surface area contributed by atoms with Gasteiger partial charge in [0, 0.05) is 13.7 Å². The molecule has 12 heavy (non-hydrogen) atoms. The monoisotopic (exact) mass is 171 g/mol. The molecule has 0 saturated heterocycles. The van der Waals surface area contributed by atoms with Gasteiger partial charge in [0.2, 0.25) is 0 Å². The molecule has 1 aliphatic carbocycles. The van der Waals surface area contributed by atoms with E-state index in [1.54, 1.807) is 7.11 Å². The Balaban J connectivity index is 2.05. The average Bonchev–Trinajstić information content (AvgIpc) is 2.86. The fourth-order valence-electron chi connectivity index (χ4n) is 1.61. The molecule has 1 saturated carbocycles. The van der Waals surface area contributed by atoms with Crippen LogP contribution in [0.25, 0.3) is 0 Å². The van der Waals surface area contributed by atoms with Crippen molar-refractivity contribution < 1.29 is 4.74 Å². The first kappa shape index (κ1) is 10.0. The van der Waals surface area contributed by atoms with Crippen LogP contribution in [-0.2, 0) is 4.74 Å². The summed E-state index contributed by atoms with van der Waals surface area (Å²) >= 11 is 0. The molecule has 0 bridgehead atoms. The summed E-state index contributed by atoms with van der Waals surface area (Å²) in [5.74, 6) is 1.72. The molecule has 1 unspecified atom stereocenters. The molecule has 0 spiro atoms.